The number of likely N-dealkylation sites (N-methyl/N-ethyl adjacent to an activating group) is 2. The lowest BCUT2D eigenvalue weighted by Crippen LogP contribution is -2.63. The van der Waals surface area contributed by atoms with Crippen LogP contribution >= 0.6 is 11.6 Å². The molecule has 0 radical (unpaired) electrons. The van der Waals surface area contributed by atoms with Gasteiger partial charge in [-0.05, 0) is 69.1 Å². The lowest BCUT2D eigenvalue weighted by Gasteiger charge is -2.50. The van der Waals surface area contributed by atoms with Gasteiger partial charge in [0.2, 0.25) is 5.78 Å². The van der Waals surface area contributed by atoms with Crippen LogP contribution in [0.1, 0.15) is 33.5 Å². The first-order valence-electron chi connectivity index (χ1n) is 13.7. The van der Waals surface area contributed by atoms with Gasteiger partial charge in [-0.25, -0.2) is 0 Å². The van der Waals surface area contributed by atoms with Crippen LogP contribution in [0, 0.1) is 11.8 Å². The Labute approximate surface area is 248 Å². The minimum absolute atomic E-state index is 0.00403. The van der Waals surface area contributed by atoms with Gasteiger partial charge in [0.25, 0.3) is 5.91 Å². The summed E-state index contributed by atoms with van der Waals surface area (Å²) in [5, 5.41) is 45.3. The Morgan fingerprint density at radius 2 is 1.79 bits per heavy atom. The van der Waals surface area contributed by atoms with Crippen LogP contribution in [0.15, 0.2) is 59.1 Å². The summed E-state index contributed by atoms with van der Waals surface area (Å²) in [6.45, 7) is 1.14. The molecule has 0 heterocycles. The summed E-state index contributed by atoms with van der Waals surface area (Å²) in [4.78, 5) is 42.9. The summed E-state index contributed by atoms with van der Waals surface area (Å²) >= 11 is 6.86. The Balaban J connectivity index is 1.52. The topological polar surface area (TPSA) is 165 Å². The molecule has 4 atom stereocenters. The molecule has 0 spiro atoms. The van der Waals surface area contributed by atoms with Gasteiger partial charge in [0.05, 0.1) is 11.6 Å². The van der Waals surface area contributed by atoms with Crippen molar-refractivity contribution in [3.05, 3.63) is 86.3 Å². The maximum atomic E-state index is 13.8. The van der Waals surface area contributed by atoms with E-state index in [0.717, 1.165) is 13.0 Å². The van der Waals surface area contributed by atoms with Crippen molar-refractivity contribution in [1.82, 2.24) is 9.80 Å². The number of halogens is 1. The highest BCUT2D eigenvalue weighted by molar-refractivity contribution is 6.33. The summed E-state index contributed by atoms with van der Waals surface area (Å²) in [7, 11) is 5.11. The number of allylic oxidation sites excluding steroid dienone is 1. The number of nitrogens with two attached hydrogens (primary N) is 1. The fourth-order valence-electron chi connectivity index (χ4n) is 6.80. The van der Waals surface area contributed by atoms with Gasteiger partial charge < -0.3 is 31.1 Å². The molecule has 0 aromatic heterocycles. The maximum absolute atomic E-state index is 13.8. The Morgan fingerprint density at radius 1 is 1.12 bits per heavy atom. The van der Waals surface area contributed by atoms with Gasteiger partial charge in [-0.1, -0.05) is 41.9 Å². The Kier molecular flexibility index (Phi) is 7.69. The van der Waals surface area contributed by atoms with E-state index in [2.05, 4.69) is 4.90 Å². The number of fused-ring (bicyclic) bond motifs is 3. The predicted molar refractivity (Wildman–Crippen MR) is 155 cm³/mol. The third-order valence-corrected chi connectivity index (χ3v) is 9.27. The molecular formula is C31H34ClN3O7. The van der Waals surface area contributed by atoms with Crippen LogP contribution < -0.4 is 5.73 Å². The molecule has 2 aromatic carbocycles. The number of ketones is 2. The fourth-order valence-corrected chi connectivity index (χ4v) is 7.09. The number of hydrogen-bond donors (Lipinski definition) is 5. The number of benzene rings is 2. The standard InChI is InChI=1S/C31H34ClN3O7/c1-34(2)25-19-12-16-11-18-22(26(37)21(16)28(39)31(19,42)29(40)23(27(25)38)30(33)41)20(36)13-17(24(18)32)14-35(3)10-9-15-7-5-4-6-8-15/h4-8,13,16,19,25,36,38-39,42H,9-12,14H2,1-3H3,(H2,33,41)/t16-,19-,25-,31-/m0/s1. The van der Waals surface area contributed by atoms with Gasteiger partial charge >= 0.3 is 0 Å². The van der Waals surface area contributed by atoms with Crippen molar-refractivity contribution in [1.29, 1.82) is 0 Å². The molecule has 3 aliphatic carbocycles. The molecule has 5 rings (SSSR count). The van der Waals surface area contributed by atoms with Gasteiger partial charge in [0.15, 0.2) is 11.4 Å². The van der Waals surface area contributed by atoms with Crippen molar-refractivity contribution in [3.8, 4) is 5.75 Å². The molecule has 0 saturated heterocycles. The molecular weight excluding hydrogens is 562 g/mol. The summed E-state index contributed by atoms with van der Waals surface area (Å²) in [6, 6.07) is 10.4. The Morgan fingerprint density at radius 3 is 2.40 bits per heavy atom. The smallest absolute Gasteiger partial charge is 0.255 e. The van der Waals surface area contributed by atoms with Crippen LogP contribution in [-0.4, -0.2) is 87.0 Å². The number of rotatable bonds is 7. The minimum atomic E-state index is -2.68. The van der Waals surface area contributed by atoms with Crippen LogP contribution in [0.4, 0.5) is 0 Å². The quantitative estimate of drug-likeness (QED) is 0.302. The van der Waals surface area contributed by atoms with Crippen molar-refractivity contribution in [2.75, 3.05) is 27.7 Å². The van der Waals surface area contributed by atoms with E-state index in [1.54, 1.807) is 14.1 Å². The molecule has 6 N–H and O–H groups in total. The highest BCUT2D eigenvalue weighted by atomic mass is 35.5. The molecule has 42 heavy (non-hydrogen) atoms. The average molecular weight is 596 g/mol. The highest BCUT2D eigenvalue weighted by Crippen LogP contribution is 2.53. The van der Waals surface area contributed by atoms with E-state index in [4.69, 9.17) is 17.3 Å². The van der Waals surface area contributed by atoms with E-state index >= 15 is 0 Å². The Bertz CT molecular complexity index is 1550. The van der Waals surface area contributed by atoms with Gasteiger partial charge in [-0.2, -0.15) is 0 Å². The number of nitrogens with zero attached hydrogens (tertiary/aromatic N) is 2. The van der Waals surface area contributed by atoms with E-state index in [0.29, 0.717) is 22.7 Å². The number of hydrogen-bond acceptors (Lipinski definition) is 9. The minimum Gasteiger partial charge on any atom is -0.510 e. The first kappa shape index (κ1) is 29.8. The highest BCUT2D eigenvalue weighted by Gasteiger charge is 2.63. The summed E-state index contributed by atoms with van der Waals surface area (Å²) in [6.07, 6.45) is 0.960. The van der Waals surface area contributed by atoms with E-state index in [9.17, 15) is 34.8 Å². The molecule has 3 aliphatic rings. The first-order chi connectivity index (χ1) is 19.8. The number of carbonyl (C=O) groups excluding carboxylic acids is 3. The SMILES string of the molecule is CN(CCc1ccccc1)Cc1cc(O)c2c(c1Cl)C[C@H]1C[C@H]3[C@H](N(C)C)C(O)=C(C(N)=O)C(=O)[C@@]3(O)C(O)=C1C2=O. The third kappa shape index (κ3) is 4.59. The molecule has 222 valence electrons. The lowest BCUT2D eigenvalue weighted by molar-refractivity contribution is -0.148. The second-order valence-corrected chi connectivity index (χ2v) is 12.0. The zero-order valence-corrected chi connectivity index (χ0v) is 24.4. The van der Waals surface area contributed by atoms with E-state index in [1.807, 2.05) is 37.4 Å². The van der Waals surface area contributed by atoms with Gasteiger partial charge in [-0.15, -0.1) is 0 Å². The molecule has 1 amide bonds. The van der Waals surface area contributed by atoms with Crippen molar-refractivity contribution in [2.45, 2.75) is 37.5 Å². The monoisotopic (exact) mass is 595 g/mol. The number of aliphatic hydroxyl groups excluding tert-OH is 2. The molecule has 0 fully saturated rings. The number of aromatic hydroxyl groups is 1. The Hall–Kier alpha value is -3.70. The third-order valence-electron chi connectivity index (χ3n) is 8.80. The molecule has 10 nitrogen and oxygen atoms in total. The second kappa shape index (κ2) is 10.9. The van der Waals surface area contributed by atoms with E-state index in [1.165, 1.54) is 16.5 Å². The number of Topliss-reactive ketones (excluding diaryl/α,β-unsaturated/α-hetero) is 2. The molecule has 0 aliphatic heterocycles. The number of primary amides is 1. The zero-order valence-electron chi connectivity index (χ0n) is 23.6. The van der Waals surface area contributed by atoms with E-state index in [-0.39, 0.29) is 29.7 Å². The number of carbonyl (C=O) groups is 3. The van der Waals surface area contributed by atoms with E-state index < -0.39 is 58.0 Å². The van der Waals surface area contributed by atoms with Crippen molar-refractivity contribution in [2.24, 2.45) is 17.6 Å². The predicted octanol–water partition coefficient (Wildman–Crippen LogP) is 2.45. The molecule has 0 bridgehead atoms. The van der Waals surface area contributed by atoms with Gasteiger partial charge in [0, 0.05) is 29.6 Å². The van der Waals surface area contributed by atoms with Crippen LogP contribution in [0.3, 0.4) is 0 Å². The second-order valence-electron chi connectivity index (χ2n) is 11.7. The lowest BCUT2D eigenvalue weighted by atomic mass is 9.58. The normalized spacial score (nSPS) is 25.5. The van der Waals surface area contributed by atoms with Crippen LogP contribution in [0.2, 0.25) is 5.02 Å². The maximum Gasteiger partial charge on any atom is 0.255 e. The van der Waals surface area contributed by atoms with Gasteiger partial charge in [0.1, 0.15) is 22.8 Å². The van der Waals surface area contributed by atoms with Gasteiger partial charge in [-0.3, -0.25) is 19.3 Å². The van der Waals surface area contributed by atoms with Crippen molar-refractivity contribution >= 4 is 29.1 Å². The fraction of sp³-hybridized carbons (Fsp3) is 0.387. The van der Waals surface area contributed by atoms with Crippen molar-refractivity contribution < 1.29 is 34.8 Å². The van der Waals surface area contributed by atoms with Crippen LogP contribution in [0.25, 0.3) is 0 Å². The largest absolute Gasteiger partial charge is 0.510 e. The summed E-state index contributed by atoms with van der Waals surface area (Å²) in [5.74, 6) is -6.90. The number of phenols is 1. The summed E-state index contributed by atoms with van der Waals surface area (Å²) < 4.78 is 0. The average Bonchev–Trinajstić information content (AvgIpc) is 2.92. The van der Waals surface area contributed by atoms with Crippen molar-refractivity contribution in [3.63, 3.8) is 0 Å². The molecule has 2 aromatic rings. The number of amides is 1. The summed E-state index contributed by atoms with van der Waals surface area (Å²) in [5.41, 5.74) is 3.78. The van der Waals surface area contributed by atoms with Crippen LogP contribution in [0.5, 0.6) is 5.75 Å². The van der Waals surface area contributed by atoms with Crippen LogP contribution in [-0.2, 0) is 29.0 Å². The number of phenolic OH excluding ortho intramolecular Hbond substituents is 1. The molecule has 0 saturated carbocycles. The zero-order chi connectivity index (χ0) is 30.7. The first-order valence-corrected chi connectivity index (χ1v) is 14.1. The number of aliphatic hydroxyl groups is 3. The molecule has 11 heteroatoms. The molecule has 0 unspecified atom stereocenters.